The molecule has 1 aromatic heterocycles. The van der Waals surface area contributed by atoms with Crippen molar-refractivity contribution in [3.63, 3.8) is 0 Å². The minimum Gasteiger partial charge on any atom is -0.394 e. The van der Waals surface area contributed by atoms with Gasteiger partial charge in [-0.2, -0.15) is 4.39 Å². The van der Waals surface area contributed by atoms with Gasteiger partial charge in [-0.3, -0.25) is 9.78 Å². The Morgan fingerprint density at radius 3 is 2.84 bits per heavy atom. The molecule has 0 aliphatic carbocycles. The van der Waals surface area contributed by atoms with Crippen LogP contribution in [0.1, 0.15) is 17.5 Å². The number of rotatable bonds is 3. The lowest BCUT2D eigenvalue weighted by atomic mass is 10.1. The molecule has 0 bridgehead atoms. The second kappa shape index (κ2) is 5.33. The van der Waals surface area contributed by atoms with E-state index in [4.69, 9.17) is 14.6 Å². The van der Waals surface area contributed by atoms with Gasteiger partial charge in [0.05, 0.1) is 6.61 Å². The molecule has 4 unspecified atom stereocenters. The summed E-state index contributed by atoms with van der Waals surface area (Å²) in [5, 5.41) is 18.9. The lowest BCUT2D eigenvalue weighted by Gasteiger charge is -2.18. The Bertz CT molecular complexity index is 520. The molecule has 106 valence electrons. The van der Waals surface area contributed by atoms with Crippen molar-refractivity contribution in [1.29, 1.82) is 0 Å². The first-order valence-corrected chi connectivity index (χ1v) is 5.73. The number of methoxy groups -OCH3 is 1. The van der Waals surface area contributed by atoms with Crippen LogP contribution in [0.15, 0.2) is 4.79 Å². The van der Waals surface area contributed by atoms with Crippen molar-refractivity contribution in [3.05, 3.63) is 27.7 Å². The van der Waals surface area contributed by atoms with Crippen LogP contribution in [-0.2, 0) is 9.47 Å². The molecule has 1 saturated heterocycles. The van der Waals surface area contributed by atoms with Gasteiger partial charge in [-0.05, 0) is 6.92 Å². The zero-order valence-corrected chi connectivity index (χ0v) is 10.5. The topological polar surface area (TPSA) is 105 Å². The van der Waals surface area contributed by atoms with E-state index in [-0.39, 0.29) is 11.4 Å². The van der Waals surface area contributed by atoms with Crippen molar-refractivity contribution < 1.29 is 24.1 Å². The van der Waals surface area contributed by atoms with Crippen LogP contribution in [0.3, 0.4) is 0 Å². The van der Waals surface area contributed by atoms with E-state index in [0.29, 0.717) is 0 Å². The molecule has 4 atom stereocenters. The summed E-state index contributed by atoms with van der Waals surface area (Å²) in [4.78, 5) is 17.1. The van der Waals surface area contributed by atoms with Crippen molar-refractivity contribution in [2.75, 3.05) is 13.7 Å². The maximum atomic E-state index is 13.8. The maximum absolute atomic E-state index is 13.8. The summed E-state index contributed by atoms with van der Waals surface area (Å²) in [6.07, 6.45) is -3.85. The molecule has 2 heterocycles. The summed E-state index contributed by atoms with van der Waals surface area (Å²) in [5.74, 6) is -0.937. The van der Waals surface area contributed by atoms with E-state index in [1.165, 1.54) is 14.0 Å². The molecule has 1 aliphatic heterocycles. The minimum atomic E-state index is -1.10. The number of ether oxygens (including phenoxy) is 2. The van der Waals surface area contributed by atoms with E-state index < -0.39 is 42.5 Å². The molecule has 1 aliphatic rings. The van der Waals surface area contributed by atoms with Crippen LogP contribution in [0.5, 0.6) is 0 Å². The average molecular weight is 274 g/mol. The number of aryl methyl sites for hydroxylation is 1. The van der Waals surface area contributed by atoms with E-state index >= 15 is 0 Å². The van der Waals surface area contributed by atoms with Gasteiger partial charge in [0.1, 0.15) is 35.8 Å². The van der Waals surface area contributed by atoms with Gasteiger partial charge in [0.2, 0.25) is 5.95 Å². The highest BCUT2D eigenvalue weighted by molar-refractivity contribution is 5.12. The van der Waals surface area contributed by atoms with E-state index in [9.17, 15) is 14.3 Å². The number of hydrogen-bond donors (Lipinski definition) is 3. The summed E-state index contributed by atoms with van der Waals surface area (Å²) in [6.45, 7) is 1.000. The van der Waals surface area contributed by atoms with Gasteiger partial charge < -0.3 is 19.7 Å². The van der Waals surface area contributed by atoms with Crippen LogP contribution >= 0.6 is 0 Å². The fourth-order valence-electron chi connectivity index (χ4n) is 2.09. The summed E-state index contributed by atoms with van der Waals surface area (Å²) >= 11 is 0. The molecule has 1 aromatic rings. The van der Waals surface area contributed by atoms with Crippen LogP contribution in [0.25, 0.3) is 0 Å². The SMILES string of the molecule is COC1C(c2nc(C)c(=O)[nH]c2F)OC(CO)C1O. The monoisotopic (exact) mass is 274 g/mol. The minimum absolute atomic E-state index is 0.0804. The molecule has 8 heteroatoms. The normalized spacial score (nSPS) is 30.8. The smallest absolute Gasteiger partial charge is 0.271 e. The van der Waals surface area contributed by atoms with Gasteiger partial charge in [0.25, 0.3) is 5.56 Å². The number of nitrogens with zero attached hydrogens (tertiary/aromatic N) is 1. The molecule has 1 fully saturated rings. The lowest BCUT2D eigenvalue weighted by molar-refractivity contribution is -0.0267. The molecule has 0 amide bonds. The highest BCUT2D eigenvalue weighted by Gasteiger charge is 2.46. The third-order valence-corrected chi connectivity index (χ3v) is 3.12. The first kappa shape index (κ1) is 14.1. The van der Waals surface area contributed by atoms with E-state index in [1.807, 2.05) is 4.98 Å². The molecular weight excluding hydrogens is 259 g/mol. The quantitative estimate of drug-likeness (QED) is 0.655. The number of aromatic amines is 1. The Kier molecular flexibility index (Phi) is 3.95. The molecule has 19 heavy (non-hydrogen) atoms. The van der Waals surface area contributed by atoms with E-state index in [2.05, 4.69) is 4.98 Å². The highest BCUT2D eigenvalue weighted by atomic mass is 19.1. The number of halogens is 1. The predicted octanol–water partition coefficient (Wildman–Crippen LogP) is -0.974. The van der Waals surface area contributed by atoms with E-state index in [1.54, 1.807) is 0 Å². The van der Waals surface area contributed by atoms with Crippen molar-refractivity contribution in [1.82, 2.24) is 9.97 Å². The zero-order valence-electron chi connectivity index (χ0n) is 10.5. The Morgan fingerprint density at radius 1 is 1.58 bits per heavy atom. The standard InChI is InChI=1S/C11H15FN2O5/c1-4-11(17)14-10(12)6(13-4)8-9(18-2)7(16)5(3-15)19-8/h5,7-9,15-16H,3H2,1-2H3,(H,14,17). The number of aromatic nitrogens is 2. The van der Waals surface area contributed by atoms with Gasteiger partial charge in [0, 0.05) is 7.11 Å². The fraction of sp³-hybridized carbons (Fsp3) is 0.636. The van der Waals surface area contributed by atoms with Gasteiger partial charge in [0.15, 0.2) is 0 Å². The van der Waals surface area contributed by atoms with Gasteiger partial charge in [-0.25, -0.2) is 4.98 Å². The highest BCUT2D eigenvalue weighted by Crippen LogP contribution is 2.34. The maximum Gasteiger partial charge on any atom is 0.271 e. The summed E-state index contributed by atoms with van der Waals surface area (Å²) in [6, 6.07) is 0. The number of H-pyrrole nitrogens is 1. The summed E-state index contributed by atoms with van der Waals surface area (Å²) in [7, 11) is 1.33. The average Bonchev–Trinajstić information content (AvgIpc) is 2.70. The van der Waals surface area contributed by atoms with Crippen LogP contribution in [0.4, 0.5) is 4.39 Å². The van der Waals surface area contributed by atoms with Crippen LogP contribution in [-0.4, -0.2) is 52.2 Å². The zero-order chi connectivity index (χ0) is 14.2. The second-order valence-electron chi connectivity index (χ2n) is 4.32. The Hall–Kier alpha value is -1.35. The van der Waals surface area contributed by atoms with Gasteiger partial charge in [-0.1, -0.05) is 0 Å². The number of nitrogens with one attached hydrogen (secondary N) is 1. The van der Waals surface area contributed by atoms with Gasteiger partial charge >= 0.3 is 0 Å². The van der Waals surface area contributed by atoms with Crippen molar-refractivity contribution >= 4 is 0 Å². The largest absolute Gasteiger partial charge is 0.394 e. The van der Waals surface area contributed by atoms with Crippen molar-refractivity contribution in [2.24, 2.45) is 0 Å². The van der Waals surface area contributed by atoms with Gasteiger partial charge in [-0.15, -0.1) is 0 Å². The first-order chi connectivity index (χ1) is 8.99. The Balaban J connectivity index is 2.41. The predicted molar refractivity (Wildman–Crippen MR) is 61.1 cm³/mol. The molecule has 3 N–H and O–H groups in total. The molecule has 0 saturated carbocycles. The Labute approximate surface area is 108 Å². The van der Waals surface area contributed by atoms with Crippen LogP contribution in [0.2, 0.25) is 0 Å². The number of hydrogen-bond acceptors (Lipinski definition) is 6. The number of aliphatic hydroxyl groups is 2. The van der Waals surface area contributed by atoms with Crippen molar-refractivity contribution in [3.8, 4) is 0 Å². The molecule has 2 rings (SSSR count). The molecule has 0 radical (unpaired) electrons. The lowest BCUT2D eigenvalue weighted by Crippen LogP contribution is -2.34. The molecular formula is C11H15FN2O5. The third-order valence-electron chi connectivity index (χ3n) is 3.12. The van der Waals surface area contributed by atoms with Crippen LogP contribution < -0.4 is 5.56 Å². The molecule has 0 spiro atoms. The third kappa shape index (κ3) is 2.39. The Morgan fingerprint density at radius 2 is 2.26 bits per heavy atom. The fourth-order valence-corrected chi connectivity index (χ4v) is 2.09. The van der Waals surface area contributed by atoms with Crippen molar-refractivity contribution in [2.45, 2.75) is 31.3 Å². The first-order valence-electron chi connectivity index (χ1n) is 5.73. The molecule has 7 nitrogen and oxygen atoms in total. The van der Waals surface area contributed by atoms with E-state index in [0.717, 1.165) is 0 Å². The molecule has 0 aromatic carbocycles. The second-order valence-corrected chi connectivity index (χ2v) is 4.32. The summed E-state index contributed by atoms with van der Waals surface area (Å²) in [5.41, 5.74) is -0.705. The van der Waals surface area contributed by atoms with Crippen LogP contribution in [0, 0.1) is 12.9 Å². The number of aliphatic hydroxyl groups excluding tert-OH is 2. The summed E-state index contributed by atoms with van der Waals surface area (Å²) < 4.78 is 24.2.